The van der Waals surface area contributed by atoms with Gasteiger partial charge in [-0.2, -0.15) is 0 Å². The maximum atomic E-state index is 12.2. The van der Waals surface area contributed by atoms with Crippen LogP contribution >= 0.6 is 28.3 Å². The van der Waals surface area contributed by atoms with Crippen molar-refractivity contribution < 1.29 is 4.79 Å². The van der Waals surface area contributed by atoms with Gasteiger partial charge in [0.25, 0.3) is 0 Å². The number of nitrogens with zero attached hydrogens (tertiary/aromatic N) is 1. The molecule has 0 heterocycles. The number of nitrogens with two attached hydrogens (primary N) is 1. The molecule has 106 valence electrons. The molecule has 1 aliphatic carbocycles. The minimum Gasteiger partial charge on any atom is -0.341 e. The summed E-state index contributed by atoms with van der Waals surface area (Å²) in [6.45, 7) is 0.665. The summed E-state index contributed by atoms with van der Waals surface area (Å²) in [7, 11) is 1.87. The average molecular weight is 348 g/mol. The zero-order valence-corrected chi connectivity index (χ0v) is 13.4. The molecule has 1 saturated carbocycles. The van der Waals surface area contributed by atoms with E-state index in [1.54, 1.807) is 0 Å². The second-order valence-corrected chi connectivity index (χ2v) is 6.01. The maximum Gasteiger partial charge on any atom is 0.225 e. The van der Waals surface area contributed by atoms with Crippen molar-refractivity contribution in [2.75, 3.05) is 7.05 Å². The van der Waals surface area contributed by atoms with Crippen molar-refractivity contribution in [2.24, 2.45) is 11.7 Å². The molecular weight excluding hydrogens is 328 g/mol. The molecule has 0 spiro atoms. The fourth-order valence-corrected chi connectivity index (χ4v) is 2.76. The zero-order valence-electron chi connectivity index (χ0n) is 11.0. The number of rotatable bonds is 3. The smallest absolute Gasteiger partial charge is 0.225 e. The summed E-state index contributed by atoms with van der Waals surface area (Å²) in [6, 6.07) is 8.28. The van der Waals surface area contributed by atoms with Gasteiger partial charge in [-0.05, 0) is 37.0 Å². The van der Waals surface area contributed by atoms with E-state index in [2.05, 4.69) is 15.9 Å². The van der Waals surface area contributed by atoms with Crippen molar-refractivity contribution in [3.63, 3.8) is 0 Å². The van der Waals surface area contributed by atoms with Gasteiger partial charge < -0.3 is 10.6 Å². The third-order valence-electron chi connectivity index (χ3n) is 3.53. The first-order chi connectivity index (χ1) is 8.56. The van der Waals surface area contributed by atoms with Crippen molar-refractivity contribution in [3.05, 3.63) is 34.3 Å². The normalized spacial score (nSPS) is 21.8. The number of benzene rings is 1. The van der Waals surface area contributed by atoms with E-state index in [9.17, 15) is 4.79 Å². The van der Waals surface area contributed by atoms with Crippen LogP contribution in [0.4, 0.5) is 0 Å². The molecule has 2 unspecified atom stereocenters. The van der Waals surface area contributed by atoms with Crippen LogP contribution in [0.3, 0.4) is 0 Å². The Morgan fingerprint density at radius 3 is 2.53 bits per heavy atom. The molecule has 5 heteroatoms. The highest BCUT2D eigenvalue weighted by atomic mass is 79.9. The van der Waals surface area contributed by atoms with Gasteiger partial charge in [-0.25, -0.2) is 0 Å². The Morgan fingerprint density at radius 1 is 1.37 bits per heavy atom. The standard InChI is InChI=1S/C14H19BrN2O.ClH/c1-17(9-10-2-5-12(15)6-3-10)14(18)11-4-7-13(16)8-11;/h2-3,5-6,11,13H,4,7-9,16H2,1H3;1H. The summed E-state index contributed by atoms with van der Waals surface area (Å²) in [4.78, 5) is 14.0. The topological polar surface area (TPSA) is 46.3 Å². The Balaban J connectivity index is 0.00000180. The van der Waals surface area contributed by atoms with Crippen molar-refractivity contribution in [3.8, 4) is 0 Å². The molecule has 1 aliphatic rings. The van der Waals surface area contributed by atoms with Gasteiger partial charge in [0.05, 0.1) is 0 Å². The van der Waals surface area contributed by atoms with E-state index >= 15 is 0 Å². The molecule has 0 bridgehead atoms. The second-order valence-electron chi connectivity index (χ2n) is 5.09. The van der Waals surface area contributed by atoms with Crippen molar-refractivity contribution in [1.82, 2.24) is 4.90 Å². The molecule has 0 aliphatic heterocycles. The van der Waals surface area contributed by atoms with E-state index < -0.39 is 0 Å². The van der Waals surface area contributed by atoms with Gasteiger partial charge in [-0.1, -0.05) is 28.1 Å². The quantitative estimate of drug-likeness (QED) is 0.914. The highest BCUT2D eigenvalue weighted by Crippen LogP contribution is 2.26. The first kappa shape index (κ1) is 16.5. The largest absolute Gasteiger partial charge is 0.341 e. The van der Waals surface area contributed by atoms with Crippen LogP contribution in [0, 0.1) is 5.92 Å². The lowest BCUT2D eigenvalue weighted by atomic mass is 10.1. The Hall–Kier alpha value is -0.580. The number of hydrogen-bond acceptors (Lipinski definition) is 2. The first-order valence-electron chi connectivity index (χ1n) is 6.31. The van der Waals surface area contributed by atoms with Gasteiger partial charge in [-0.15, -0.1) is 12.4 Å². The van der Waals surface area contributed by atoms with Crippen LogP contribution in [0.5, 0.6) is 0 Å². The molecule has 1 aromatic carbocycles. The fourth-order valence-electron chi connectivity index (χ4n) is 2.49. The number of carbonyl (C=O) groups excluding carboxylic acids is 1. The summed E-state index contributed by atoms with van der Waals surface area (Å²) >= 11 is 3.41. The van der Waals surface area contributed by atoms with Crippen LogP contribution in [0.15, 0.2) is 28.7 Å². The summed E-state index contributed by atoms with van der Waals surface area (Å²) in [5.41, 5.74) is 7.01. The summed E-state index contributed by atoms with van der Waals surface area (Å²) in [6.07, 6.45) is 2.75. The van der Waals surface area contributed by atoms with Crippen LogP contribution in [0.1, 0.15) is 24.8 Å². The average Bonchev–Trinajstić information content (AvgIpc) is 2.78. The monoisotopic (exact) mass is 346 g/mol. The summed E-state index contributed by atoms with van der Waals surface area (Å²) in [5.74, 6) is 0.353. The number of hydrogen-bond donors (Lipinski definition) is 1. The molecule has 0 saturated heterocycles. The third kappa shape index (κ3) is 4.48. The van der Waals surface area contributed by atoms with Crippen molar-refractivity contribution in [2.45, 2.75) is 31.8 Å². The molecule has 1 aromatic rings. The van der Waals surface area contributed by atoms with Gasteiger partial charge in [0.15, 0.2) is 0 Å². The molecule has 19 heavy (non-hydrogen) atoms. The van der Waals surface area contributed by atoms with E-state index in [1.807, 2.05) is 36.2 Å². The molecule has 2 N–H and O–H groups in total. The Labute approximate surface area is 129 Å². The van der Waals surface area contributed by atoms with Crippen molar-refractivity contribution in [1.29, 1.82) is 0 Å². The van der Waals surface area contributed by atoms with Gasteiger partial charge in [0.2, 0.25) is 5.91 Å². The Bertz CT molecular complexity index is 424. The molecule has 2 atom stereocenters. The van der Waals surface area contributed by atoms with Gasteiger partial charge >= 0.3 is 0 Å². The minimum absolute atomic E-state index is 0. The summed E-state index contributed by atoms with van der Waals surface area (Å²) < 4.78 is 1.06. The molecule has 2 rings (SSSR count). The van der Waals surface area contributed by atoms with Crippen LogP contribution in [0.25, 0.3) is 0 Å². The van der Waals surface area contributed by atoms with E-state index in [0.29, 0.717) is 6.54 Å². The number of halogens is 2. The fraction of sp³-hybridized carbons (Fsp3) is 0.500. The predicted octanol–water partition coefficient (Wildman–Crippen LogP) is 2.96. The predicted molar refractivity (Wildman–Crippen MR) is 83.2 cm³/mol. The molecular formula is C14H20BrClN2O. The van der Waals surface area contributed by atoms with Gasteiger partial charge in [-0.3, -0.25) is 4.79 Å². The highest BCUT2D eigenvalue weighted by molar-refractivity contribution is 9.10. The molecule has 0 aromatic heterocycles. The highest BCUT2D eigenvalue weighted by Gasteiger charge is 2.29. The van der Waals surface area contributed by atoms with Crippen LogP contribution in [0.2, 0.25) is 0 Å². The van der Waals surface area contributed by atoms with Gasteiger partial charge in [0.1, 0.15) is 0 Å². The van der Waals surface area contributed by atoms with Crippen LogP contribution in [-0.4, -0.2) is 23.9 Å². The SMILES string of the molecule is CN(Cc1ccc(Br)cc1)C(=O)C1CCC(N)C1.Cl. The Morgan fingerprint density at radius 2 is 2.00 bits per heavy atom. The lowest BCUT2D eigenvalue weighted by molar-refractivity contribution is -0.134. The molecule has 1 fully saturated rings. The van der Waals surface area contributed by atoms with E-state index in [4.69, 9.17) is 5.73 Å². The number of amides is 1. The van der Waals surface area contributed by atoms with E-state index in [0.717, 1.165) is 29.3 Å². The zero-order chi connectivity index (χ0) is 13.1. The Kier molecular flexibility index (Phi) is 6.30. The number of carbonyl (C=O) groups is 1. The molecule has 3 nitrogen and oxygen atoms in total. The summed E-state index contributed by atoms with van der Waals surface area (Å²) in [5, 5.41) is 0. The van der Waals surface area contributed by atoms with E-state index in [-0.39, 0.29) is 30.3 Å². The van der Waals surface area contributed by atoms with Crippen LogP contribution in [-0.2, 0) is 11.3 Å². The lowest BCUT2D eigenvalue weighted by Gasteiger charge is -2.21. The van der Waals surface area contributed by atoms with Crippen LogP contribution < -0.4 is 5.73 Å². The van der Waals surface area contributed by atoms with E-state index in [1.165, 1.54) is 0 Å². The first-order valence-corrected chi connectivity index (χ1v) is 7.10. The molecule has 0 radical (unpaired) electrons. The van der Waals surface area contributed by atoms with Crippen molar-refractivity contribution >= 4 is 34.2 Å². The van der Waals surface area contributed by atoms with Gasteiger partial charge in [0, 0.05) is 30.0 Å². The second kappa shape index (κ2) is 7.27. The maximum absolute atomic E-state index is 12.2. The lowest BCUT2D eigenvalue weighted by Crippen LogP contribution is -2.32. The molecule has 1 amide bonds. The minimum atomic E-state index is 0. The third-order valence-corrected chi connectivity index (χ3v) is 4.06.